The third kappa shape index (κ3) is 7.38. The Bertz CT molecular complexity index is 1030. The first-order chi connectivity index (χ1) is 15.9. The van der Waals surface area contributed by atoms with Crippen LogP contribution in [-0.2, 0) is 17.9 Å². The molecule has 0 saturated carbocycles. The molecule has 0 N–H and O–H groups in total. The number of amides is 1. The van der Waals surface area contributed by atoms with Gasteiger partial charge in [-0.3, -0.25) is 4.79 Å². The van der Waals surface area contributed by atoms with Crippen molar-refractivity contribution in [3.05, 3.63) is 83.9 Å². The van der Waals surface area contributed by atoms with E-state index >= 15 is 0 Å². The lowest BCUT2D eigenvalue weighted by atomic mass is 10.2. The maximum absolute atomic E-state index is 12.6. The molecule has 0 aliphatic rings. The molecule has 6 nitrogen and oxygen atoms in total. The topological polar surface area (TPSA) is 57.2 Å². The van der Waals surface area contributed by atoms with Gasteiger partial charge in [0.1, 0.15) is 18.1 Å². The van der Waals surface area contributed by atoms with Crippen molar-refractivity contribution >= 4 is 5.91 Å². The van der Waals surface area contributed by atoms with E-state index < -0.39 is 6.61 Å². The maximum Gasteiger partial charge on any atom is 0.387 e. The fourth-order valence-corrected chi connectivity index (χ4v) is 3.00. The zero-order valence-electron chi connectivity index (χ0n) is 18.4. The molecular formula is C25H25F2NO5. The SMILES string of the molecule is COc1ccc(CN(C)C(=O)COc2ccc(OCc3ccccc3)cc2)cc1OC(F)F. The van der Waals surface area contributed by atoms with Crippen LogP contribution in [0.25, 0.3) is 0 Å². The maximum atomic E-state index is 12.6. The zero-order chi connectivity index (χ0) is 23.6. The molecule has 0 fully saturated rings. The van der Waals surface area contributed by atoms with Gasteiger partial charge in [-0.2, -0.15) is 8.78 Å². The summed E-state index contributed by atoms with van der Waals surface area (Å²) in [4.78, 5) is 13.9. The number of carbonyl (C=O) groups is 1. The predicted molar refractivity (Wildman–Crippen MR) is 119 cm³/mol. The van der Waals surface area contributed by atoms with Crippen LogP contribution >= 0.6 is 0 Å². The van der Waals surface area contributed by atoms with E-state index in [0.29, 0.717) is 23.7 Å². The largest absolute Gasteiger partial charge is 0.493 e. The molecule has 0 aliphatic carbocycles. The van der Waals surface area contributed by atoms with E-state index in [1.807, 2.05) is 30.3 Å². The van der Waals surface area contributed by atoms with Gasteiger partial charge in [0.15, 0.2) is 18.1 Å². The summed E-state index contributed by atoms with van der Waals surface area (Å²) in [5, 5.41) is 0. The van der Waals surface area contributed by atoms with Crippen molar-refractivity contribution in [2.75, 3.05) is 20.8 Å². The fourth-order valence-electron chi connectivity index (χ4n) is 3.00. The molecule has 3 aromatic rings. The van der Waals surface area contributed by atoms with Gasteiger partial charge in [-0.25, -0.2) is 0 Å². The molecule has 3 aromatic carbocycles. The number of carbonyl (C=O) groups excluding carboxylic acids is 1. The molecule has 0 heterocycles. The van der Waals surface area contributed by atoms with E-state index in [4.69, 9.17) is 14.2 Å². The molecule has 0 bridgehead atoms. The molecule has 1 amide bonds. The smallest absolute Gasteiger partial charge is 0.387 e. The number of halogens is 2. The highest BCUT2D eigenvalue weighted by Gasteiger charge is 2.15. The molecule has 0 saturated heterocycles. The first-order valence-electron chi connectivity index (χ1n) is 10.2. The summed E-state index contributed by atoms with van der Waals surface area (Å²) in [6, 6.07) is 21.4. The molecule has 0 spiro atoms. The van der Waals surface area contributed by atoms with E-state index in [0.717, 1.165) is 5.56 Å². The van der Waals surface area contributed by atoms with Gasteiger partial charge in [0.2, 0.25) is 0 Å². The molecule has 174 valence electrons. The normalized spacial score (nSPS) is 10.6. The molecular weight excluding hydrogens is 432 g/mol. The van der Waals surface area contributed by atoms with Crippen molar-refractivity contribution in [1.82, 2.24) is 4.90 Å². The van der Waals surface area contributed by atoms with Crippen molar-refractivity contribution in [2.45, 2.75) is 19.8 Å². The van der Waals surface area contributed by atoms with Gasteiger partial charge in [-0.15, -0.1) is 0 Å². The van der Waals surface area contributed by atoms with Crippen LogP contribution in [0.5, 0.6) is 23.0 Å². The lowest BCUT2D eigenvalue weighted by molar-refractivity contribution is -0.132. The standard InChI is InChI=1S/C25H25F2NO5/c1-28(15-19-8-13-22(30-2)23(14-19)33-25(26)27)24(29)17-32-21-11-9-20(10-12-21)31-16-18-6-4-3-5-7-18/h3-14,25H,15-17H2,1-2H3. The van der Waals surface area contributed by atoms with Crippen LogP contribution in [0.15, 0.2) is 72.8 Å². The zero-order valence-corrected chi connectivity index (χ0v) is 18.4. The first kappa shape index (κ1) is 23.8. The molecule has 8 heteroatoms. The number of likely N-dealkylation sites (N-methyl/N-ethyl adjacent to an activating group) is 1. The van der Waals surface area contributed by atoms with Crippen molar-refractivity contribution in [2.24, 2.45) is 0 Å². The number of hydrogen-bond donors (Lipinski definition) is 0. The average molecular weight is 457 g/mol. The van der Waals surface area contributed by atoms with Crippen molar-refractivity contribution < 1.29 is 32.5 Å². The highest BCUT2D eigenvalue weighted by atomic mass is 19.3. The predicted octanol–water partition coefficient (Wildman–Crippen LogP) is 4.91. The van der Waals surface area contributed by atoms with E-state index in [1.165, 1.54) is 24.1 Å². The summed E-state index contributed by atoms with van der Waals surface area (Å²) in [6.07, 6.45) is 0. The summed E-state index contributed by atoms with van der Waals surface area (Å²) in [5.41, 5.74) is 1.68. The first-order valence-corrected chi connectivity index (χ1v) is 10.2. The second kappa shape index (κ2) is 11.7. The molecule has 0 aliphatic heterocycles. The van der Waals surface area contributed by atoms with Gasteiger partial charge >= 0.3 is 6.61 Å². The van der Waals surface area contributed by atoms with Crippen LogP contribution in [0.3, 0.4) is 0 Å². The molecule has 0 radical (unpaired) electrons. The summed E-state index contributed by atoms with van der Waals surface area (Å²) < 4.78 is 46.0. The van der Waals surface area contributed by atoms with Crippen LogP contribution < -0.4 is 18.9 Å². The number of hydrogen-bond acceptors (Lipinski definition) is 5. The fraction of sp³-hybridized carbons (Fsp3) is 0.240. The van der Waals surface area contributed by atoms with E-state index in [9.17, 15) is 13.6 Å². The summed E-state index contributed by atoms with van der Waals surface area (Å²) in [7, 11) is 2.96. The molecule has 0 unspecified atom stereocenters. The number of nitrogens with zero attached hydrogens (tertiary/aromatic N) is 1. The van der Waals surface area contributed by atoms with Crippen molar-refractivity contribution in [3.8, 4) is 23.0 Å². The van der Waals surface area contributed by atoms with Gasteiger partial charge in [0.25, 0.3) is 5.91 Å². The van der Waals surface area contributed by atoms with Gasteiger partial charge in [0, 0.05) is 13.6 Å². The van der Waals surface area contributed by atoms with Gasteiger partial charge < -0.3 is 23.8 Å². The number of rotatable bonds is 11. The molecule has 33 heavy (non-hydrogen) atoms. The Morgan fingerprint density at radius 2 is 1.55 bits per heavy atom. The summed E-state index contributed by atoms with van der Waals surface area (Å²) >= 11 is 0. The highest BCUT2D eigenvalue weighted by molar-refractivity contribution is 5.77. The number of benzene rings is 3. The number of alkyl halides is 2. The average Bonchev–Trinajstić information content (AvgIpc) is 2.82. The number of ether oxygens (including phenoxy) is 4. The van der Waals surface area contributed by atoms with Crippen LogP contribution in [0.2, 0.25) is 0 Å². The molecule has 3 rings (SSSR count). The van der Waals surface area contributed by atoms with E-state index in [2.05, 4.69) is 4.74 Å². The summed E-state index contributed by atoms with van der Waals surface area (Å²) in [5.74, 6) is 1.05. The van der Waals surface area contributed by atoms with E-state index in [-0.39, 0.29) is 30.6 Å². The van der Waals surface area contributed by atoms with Crippen molar-refractivity contribution in [3.63, 3.8) is 0 Å². The van der Waals surface area contributed by atoms with E-state index in [1.54, 1.807) is 37.4 Å². The minimum atomic E-state index is -2.97. The molecule has 0 atom stereocenters. The Labute approximate surface area is 191 Å². The lowest BCUT2D eigenvalue weighted by Gasteiger charge is -2.19. The van der Waals surface area contributed by atoms with Crippen molar-refractivity contribution in [1.29, 1.82) is 0 Å². The lowest BCUT2D eigenvalue weighted by Crippen LogP contribution is -2.31. The number of methoxy groups -OCH3 is 1. The third-order valence-corrected chi connectivity index (χ3v) is 4.72. The minimum absolute atomic E-state index is 0.0864. The Kier molecular flexibility index (Phi) is 8.46. The Morgan fingerprint density at radius 1 is 0.879 bits per heavy atom. The van der Waals surface area contributed by atoms with Crippen LogP contribution in [0, 0.1) is 0 Å². The quantitative estimate of drug-likeness (QED) is 0.409. The van der Waals surface area contributed by atoms with Gasteiger partial charge in [-0.05, 0) is 47.5 Å². The Balaban J connectivity index is 1.49. The molecule has 0 aromatic heterocycles. The summed E-state index contributed by atoms with van der Waals surface area (Å²) in [6.45, 7) is -2.49. The van der Waals surface area contributed by atoms with Gasteiger partial charge in [0.05, 0.1) is 7.11 Å². The second-order valence-corrected chi connectivity index (χ2v) is 7.15. The highest BCUT2D eigenvalue weighted by Crippen LogP contribution is 2.30. The van der Waals surface area contributed by atoms with Crippen LogP contribution in [0.4, 0.5) is 8.78 Å². The minimum Gasteiger partial charge on any atom is -0.493 e. The third-order valence-electron chi connectivity index (χ3n) is 4.72. The Hall–Kier alpha value is -3.81. The van der Waals surface area contributed by atoms with Gasteiger partial charge in [-0.1, -0.05) is 36.4 Å². The monoisotopic (exact) mass is 457 g/mol. The van der Waals surface area contributed by atoms with Crippen LogP contribution in [0.1, 0.15) is 11.1 Å². The second-order valence-electron chi connectivity index (χ2n) is 7.15. The van der Waals surface area contributed by atoms with Crippen LogP contribution in [-0.4, -0.2) is 38.2 Å². The Morgan fingerprint density at radius 3 is 2.18 bits per heavy atom.